The number of aryl methyl sites for hydroxylation is 1. The van der Waals surface area contributed by atoms with Crippen LogP contribution in [0.3, 0.4) is 0 Å². The topological polar surface area (TPSA) is 35.5 Å². The molecule has 2 rings (SSSR count). The van der Waals surface area contributed by atoms with E-state index in [1.807, 2.05) is 25.1 Å². The highest BCUT2D eigenvalue weighted by Crippen LogP contribution is 2.48. The van der Waals surface area contributed by atoms with Gasteiger partial charge in [0.15, 0.2) is 0 Å². The summed E-state index contributed by atoms with van der Waals surface area (Å²) in [5.74, 6) is 0.633. The lowest BCUT2D eigenvalue weighted by atomic mass is 9.64. The van der Waals surface area contributed by atoms with E-state index in [1.165, 1.54) is 7.11 Å². The van der Waals surface area contributed by atoms with Gasteiger partial charge in [0.1, 0.15) is 5.75 Å². The molecular formula is C14H18O3. The molecule has 0 unspecified atom stereocenters. The summed E-state index contributed by atoms with van der Waals surface area (Å²) in [5.41, 5.74) is 1.63. The van der Waals surface area contributed by atoms with Crippen LogP contribution < -0.4 is 4.74 Å². The van der Waals surface area contributed by atoms with Gasteiger partial charge in [-0.3, -0.25) is 4.79 Å². The Morgan fingerprint density at radius 2 is 2.00 bits per heavy atom. The first kappa shape index (κ1) is 12.0. The molecule has 0 amide bonds. The number of hydrogen-bond donors (Lipinski definition) is 0. The van der Waals surface area contributed by atoms with E-state index in [0.717, 1.165) is 36.1 Å². The molecule has 1 aromatic rings. The molecule has 1 aromatic carbocycles. The largest absolute Gasteiger partial charge is 0.496 e. The molecule has 1 aliphatic rings. The third-order valence-corrected chi connectivity index (χ3v) is 3.65. The summed E-state index contributed by atoms with van der Waals surface area (Å²) in [6.45, 7) is 2.02. The summed E-state index contributed by atoms with van der Waals surface area (Å²) >= 11 is 0. The lowest BCUT2D eigenvalue weighted by molar-refractivity contribution is -0.151. The lowest BCUT2D eigenvalue weighted by Gasteiger charge is -2.40. The minimum Gasteiger partial charge on any atom is -0.496 e. The average molecular weight is 234 g/mol. The summed E-state index contributed by atoms with van der Waals surface area (Å²) in [5, 5.41) is 0. The number of hydrogen-bond acceptors (Lipinski definition) is 3. The van der Waals surface area contributed by atoms with Gasteiger partial charge in [-0.1, -0.05) is 24.1 Å². The third-order valence-electron chi connectivity index (χ3n) is 3.65. The van der Waals surface area contributed by atoms with E-state index >= 15 is 0 Å². The molecule has 0 radical (unpaired) electrons. The van der Waals surface area contributed by atoms with Crippen LogP contribution in [0, 0.1) is 6.92 Å². The molecule has 1 saturated carbocycles. The standard InChI is InChI=1S/C14H18O3/c1-10-5-6-12(16-2)11(9-10)14(7-4-8-14)13(15)17-3/h5-6,9H,4,7-8H2,1-3H3. The molecule has 0 aliphatic heterocycles. The van der Waals surface area contributed by atoms with Crippen molar-refractivity contribution in [3.8, 4) is 5.75 Å². The van der Waals surface area contributed by atoms with E-state index in [0.29, 0.717) is 0 Å². The van der Waals surface area contributed by atoms with Crippen LogP contribution in [0.1, 0.15) is 30.4 Å². The van der Waals surface area contributed by atoms with E-state index in [4.69, 9.17) is 9.47 Å². The van der Waals surface area contributed by atoms with Crippen LogP contribution in [0.15, 0.2) is 18.2 Å². The quantitative estimate of drug-likeness (QED) is 0.754. The third kappa shape index (κ3) is 1.79. The zero-order valence-electron chi connectivity index (χ0n) is 10.6. The molecule has 0 N–H and O–H groups in total. The minimum absolute atomic E-state index is 0.146. The molecule has 0 heterocycles. The van der Waals surface area contributed by atoms with Gasteiger partial charge in [-0.2, -0.15) is 0 Å². The van der Waals surface area contributed by atoms with E-state index in [2.05, 4.69) is 0 Å². The van der Waals surface area contributed by atoms with Gasteiger partial charge < -0.3 is 9.47 Å². The molecule has 0 aromatic heterocycles. The van der Waals surface area contributed by atoms with Crippen molar-refractivity contribution in [1.29, 1.82) is 0 Å². The van der Waals surface area contributed by atoms with Crippen LogP contribution in [0.25, 0.3) is 0 Å². The average Bonchev–Trinajstić information content (AvgIpc) is 2.27. The number of methoxy groups -OCH3 is 2. The fourth-order valence-corrected chi connectivity index (χ4v) is 2.50. The molecule has 0 bridgehead atoms. The Balaban J connectivity index is 2.50. The zero-order valence-corrected chi connectivity index (χ0v) is 10.6. The van der Waals surface area contributed by atoms with Gasteiger partial charge >= 0.3 is 5.97 Å². The summed E-state index contributed by atoms with van der Waals surface area (Å²) in [6, 6.07) is 5.95. The Kier molecular flexibility index (Phi) is 3.09. The second kappa shape index (κ2) is 4.40. The van der Waals surface area contributed by atoms with Gasteiger partial charge in [-0.25, -0.2) is 0 Å². The van der Waals surface area contributed by atoms with Crippen molar-refractivity contribution >= 4 is 5.97 Å². The maximum Gasteiger partial charge on any atom is 0.316 e. The van der Waals surface area contributed by atoms with Gasteiger partial charge in [0.2, 0.25) is 0 Å². The molecule has 0 spiro atoms. The summed E-state index contributed by atoms with van der Waals surface area (Å²) < 4.78 is 10.3. The van der Waals surface area contributed by atoms with Gasteiger partial charge in [-0.05, 0) is 25.8 Å². The smallest absolute Gasteiger partial charge is 0.316 e. The molecule has 92 valence electrons. The van der Waals surface area contributed by atoms with Crippen molar-refractivity contribution in [1.82, 2.24) is 0 Å². The van der Waals surface area contributed by atoms with Crippen molar-refractivity contribution in [2.24, 2.45) is 0 Å². The van der Waals surface area contributed by atoms with Crippen LogP contribution >= 0.6 is 0 Å². The fourth-order valence-electron chi connectivity index (χ4n) is 2.50. The Hall–Kier alpha value is -1.51. The van der Waals surface area contributed by atoms with Crippen molar-refractivity contribution in [2.75, 3.05) is 14.2 Å². The molecule has 3 nitrogen and oxygen atoms in total. The highest BCUT2D eigenvalue weighted by atomic mass is 16.5. The molecule has 1 fully saturated rings. The van der Waals surface area contributed by atoms with Crippen molar-refractivity contribution in [2.45, 2.75) is 31.6 Å². The maximum atomic E-state index is 12.0. The van der Waals surface area contributed by atoms with Gasteiger partial charge in [0.05, 0.1) is 19.6 Å². The molecule has 1 aliphatic carbocycles. The predicted molar refractivity (Wildman–Crippen MR) is 65.3 cm³/mol. The molecular weight excluding hydrogens is 216 g/mol. The van der Waals surface area contributed by atoms with E-state index in [-0.39, 0.29) is 5.97 Å². The number of carbonyl (C=O) groups is 1. The monoisotopic (exact) mass is 234 g/mol. The van der Waals surface area contributed by atoms with Gasteiger partial charge in [0.25, 0.3) is 0 Å². The van der Waals surface area contributed by atoms with Crippen LogP contribution in [-0.4, -0.2) is 20.2 Å². The summed E-state index contributed by atoms with van der Waals surface area (Å²) in [6.07, 6.45) is 2.76. The van der Waals surface area contributed by atoms with Crippen LogP contribution in [-0.2, 0) is 14.9 Å². The normalized spacial score (nSPS) is 17.1. The predicted octanol–water partition coefficient (Wildman–Crippen LogP) is 2.60. The number of esters is 1. The first-order valence-electron chi connectivity index (χ1n) is 5.87. The summed E-state index contributed by atoms with van der Waals surface area (Å²) in [7, 11) is 3.09. The van der Waals surface area contributed by atoms with E-state index in [1.54, 1.807) is 7.11 Å². The number of rotatable bonds is 3. The SMILES string of the molecule is COC(=O)C1(c2cc(C)ccc2OC)CCC1. The Morgan fingerprint density at radius 3 is 2.47 bits per heavy atom. The molecule has 0 saturated heterocycles. The Labute approximate surface area is 102 Å². The highest BCUT2D eigenvalue weighted by Gasteiger charge is 2.48. The summed E-state index contributed by atoms with van der Waals surface area (Å²) in [4.78, 5) is 12.0. The van der Waals surface area contributed by atoms with Crippen LogP contribution in [0.2, 0.25) is 0 Å². The van der Waals surface area contributed by atoms with Gasteiger partial charge in [-0.15, -0.1) is 0 Å². The van der Waals surface area contributed by atoms with Crippen LogP contribution in [0.5, 0.6) is 5.75 Å². The second-order valence-electron chi connectivity index (χ2n) is 4.63. The lowest BCUT2D eigenvalue weighted by Crippen LogP contribution is -2.43. The van der Waals surface area contributed by atoms with Crippen molar-refractivity contribution in [3.63, 3.8) is 0 Å². The molecule has 17 heavy (non-hydrogen) atoms. The first-order chi connectivity index (χ1) is 8.14. The number of ether oxygens (including phenoxy) is 2. The van der Waals surface area contributed by atoms with E-state index in [9.17, 15) is 4.79 Å². The minimum atomic E-state index is -0.480. The Morgan fingerprint density at radius 1 is 1.29 bits per heavy atom. The second-order valence-corrected chi connectivity index (χ2v) is 4.63. The zero-order chi connectivity index (χ0) is 12.5. The number of carbonyl (C=O) groups excluding carboxylic acids is 1. The van der Waals surface area contributed by atoms with Crippen molar-refractivity contribution < 1.29 is 14.3 Å². The fraction of sp³-hybridized carbons (Fsp3) is 0.500. The maximum absolute atomic E-state index is 12.0. The number of benzene rings is 1. The molecule has 3 heteroatoms. The molecule has 0 atom stereocenters. The van der Waals surface area contributed by atoms with E-state index < -0.39 is 5.41 Å². The highest BCUT2D eigenvalue weighted by molar-refractivity contribution is 5.85. The first-order valence-corrected chi connectivity index (χ1v) is 5.87. The Bertz CT molecular complexity index is 433. The van der Waals surface area contributed by atoms with Crippen molar-refractivity contribution in [3.05, 3.63) is 29.3 Å². The van der Waals surface area contributed by atoms with Gasteiger partial charge in [0, 0.05) is 5.56 Å². The van der Waals surface area contributed by atoms with Crippen LogP contribution in [0.4, 0.5) is 0 Å².